The summed E-state index contributed by atoms with van der Waals surface area (Å²) in [5, 5.41) is 14.1. The van der Waals surface area contributed by atoms with Gasteiger partial charge in [0.1, 0.15) is 0 Å². The number of thioether (sulfide) groups is 1. The maximum atomic E-state index is 12.2. The van der Waals surface area contributed by atoms with Crippen molar-refractivity contribution < 1.29 is 9.59 Å². The number of rotatable bonds is 10. The van der Waals surface area contributed by atoms with Crippen molar-refractivity contribution in [2.24, 2.45) is 0 Å². The standard InChI is InChI=1S/C22H24N4O2S2/c1-2-3-7-16-10-12-18(13-11-16)23-20(28)15-29-22-26-25-21(30-22)24-19(27)14-17-8-5-4-6-9-17/h4-6,8-13H,2-3,7,14-15H2,1H3,(H,23,28)(H,24,25,27). The van der Waals surface area contributed by atoms with Gasteiger partial charge in [0.15, 0.2) is 4.34 Å². The van der Waals surface area contributed by atoms with Crippen LogP contribution in [0.1, 0.15) is 30.9 Å². The van der Waals surface area contributed by atoms with Gasteiger partial charge in [0.2, 0.25) is 16.9 Å². The second-order valence-corrected chi connectivity index (χ2v) is 8.92. The summed E-state index contributed by atoms with van der Waals surface area (Å²) in [6, 6.07) is 17.5. The normalized spacial score (nSPS) is 10.6. The predicted molar refractivity (Wildman–Crippen MR) is 123 cm³/mol. The lowest BCUT2D eigenvalue weighted by molar-refractivity contribution is -0.115. The molecule has 2 amide bonds. The van der Waals surface area contributed by atoms with E-state index in [1.807, 2.05) is 54.6 Å². The molecule has 2 N–H and O–H groups in total. The van der Waals surface area contributed by atoms with Gasteiger partial charge in [0.25, 0.3) is 0 Å². The van der Waals surface area contributed by atoms with E-state index in [1.54, 1.807) is 0 Å². The summed E-state index contributed by atoms with van der Waals surface area (Å²) in [5.41, 5.74) is 3.00. The zero-order valence-corrected chi connectivity index (χ0v) is 18.4. The average molecular weight is 441 g/mol. The van der Waals surface area contributed by atoms with E-state index < -0.39 is 0 Å². The first kappa shape index (κ1) is 22.0. The molecule has 0 aliphatic carbocycles. The van der Waals surface area contributed by atoms with Crippen molar-refractivity contribution in [1.29, 1.82) is 0 Å². The second kappa shape index (κ2) is 11.5. The summed E-state index contributed by atoms with van der Waals surface area (Å²) in [6.45, 7) is 2.17. The van der Waals surface area contributed by atoms with E-state index in [9.17, 15) is 9.59 Å². The van der Waals surface area contributed by atoms with Crippen LogP contribution >= 0.6 is 23.1 Å². The number of carbonyl (C=O) groups excluding carboxylic acids is 2. The molecule has 6 nitrogen and oxygen atoms in total. The van der Waals surface area contributed by atoms with Gasteiger partial charge >= 0.3 is 0 Å². The lowest BCUT2D eigenvalue weighted by Crippen LogP contribution is -2.14. The maximum absolute atomic E-state index is 12.2. The Morgan fingerprint density at radius 1 is 0.933 bits per heavy atom. The number of nitrogens with zero attached hydrogens (tertiary/aromatic N) is 2. The van der Waals surface area contributed by atoms with Gasteiger partial charge in [-0.2, -0.15) is 0 Å². The third-order valence-corrected chi connectivity index (χ3v) is 6.22. The Balaban J connectivity index is 1.42. The minimum absolute atomic E-state index is 0.105. The van der Waals surface area contributed by atoms with Gasteiger partial charge in [-0.3, -0.25) is 9.59 Å². The molecule has 0 aliphatic rings. The Labute approximate surface area is 184 Å². The Morgan fingerprint density at radius 3 is 2.43 bits per heavy atom. The largest absolute Gasteiger partial charge is 0.325 e. The molecular weight excluding hydrogens is 416 g/mol. The Morgan fingerprint density at radius 2 is 1.70 bits per heavy atom. The molecule has 1 aromatic heterocycles. The molecule has 0 spiro atoms. The van der Waals surface area contributed by atoms with Crippen molar-refractivity contribution in [3.8, 4) is 0 Å². The van der Waals surface area contributed by atoms with Gasteiger partial charge in [-0.15, -0.1) is 10.2 Å². The number of nitrogens with one attached hydrogen (secondary N) is 2. The molecule has 0 aliphatic heterocycles. The highest BCUT2D eigenvalue weighted by Crippen LogP contribution is 2.25. The number of benzene rings is 2. The van der Waals surface area contributed by atoms with E-state index >= 15 is 0 Å². The highest BCUT2D eigenvalue weighted by molar-refractivity contribution is 8.01. The molecule has 0 saturated carbocycles. The number of hydrogen-bond donors (Lipinski definition) is 2. The first-order valence-electron chi connectivity index (χ1n) is 9.81. The zero-order chi connectivity index (χ0) is 21.2. The van der Waals surface area contributed by atoms with Crippen LogP contribution in [-0.2, 0) is 22.4 Å². The smallest absolute Gasteiger partial charge is 0.234 e. The van der Waals surface area contributed by atoms with Crippen LogP contribution in [0.5, 0.6) is 0 Å². The number of carbonyl (C=O) groups is 2. The average Bonchev–Trinajstić information content (AvgIpc) is 3.19. The minimum Gasteiger partial charge on any atom is -0.325 e. The monoisotopic (exact) mass is 440 g/mol. The Bertz CT molecular complexity index is 959. The van der Waals surface area contributed by atoms with Gasteiger partial charge in [-0.1, -0.05) is 78.9 Å². The first-order chi connectivity index (χ1) is 14.6. The molecule has 3 aromatic rings. The molecule has 30 heavy (non-hydrogen) atoms. The predicted octanol–water partition coefficient (Wildman–Crippen LogP) is 4.79. The van der Waals surface area contributed by atoms with E-state index in [0.717, 1.165) is 17.7 Å². The van der Waals surface area contributed by atoms with E-state index in [-0.39, 0.29) is 24.0 Å². The molecule has 8 heteroatoms. The first-order valence-corrected chi connectivity index (χ1v) is 11.6. The van der Waals surface area contributed by atoms with Gasteiger partial charge in [0, 0.05) is 5.69 Å². The van der Waals surface area contributed by atoms with Crippen molar-refractivity contribution in [3.05, 3.63) is 65.7 Å². The summed E-state index contributed by atoms with van der Waals surface area (Å²) in [4.78, 5) is 24.3. The molecule has 0 unspecified atom stereocenters. The van der Waals surface area contributed by atoms with Gasteiger partial charge in [-0.25, -0.2) is 0 Å². The maximum Gasteiger partial charge on any atom is 0.234 e. The van der Waals surface area contributed by atoms with E-state index in [0.29, 0.717) is 9.47 Å². The minimum atomic E-state index is -0.144. The molecular formula is C22H24N4O2S2. The number of anilines is 2. The topological polar surface area (TPSA) is 84.0 Å². The van der Waals surface area contributed by atoms with Crippen LogP contribution in [0.15, 0.2) is 58.9 Å². The highest BCUT2D eigenvalue weighted by atomic mass is 32.2. The molecule has 1 heterocycles. The third kappa shape index (κ3) is 7.27. The second-order valence-electron chi connectivity index (χ2n) is 6.72. The highest BCUT2D eigenvalue weighted by Gasteiger charge is 2.11. The molecule has 2 aromatic carbocycles. The summed E-state index contributed by atoms with van der Waals surface area (Å²) >= 11 is 2.55. The number of aryl methyl sites for hydroxylation is 1. The number of aromatic nitrogens is 2. The summed E-state index contributed by atoms with van der Waals surface area (Å²) < 4.78 is 0.634. The zero-order valence-electron chi connectivity index (χ0n) is 16.8. The van der Waals surface area contributed by atoms with Gasteiger partial charge < -0.3 is 10.6 Å². The molecule has 0 atom stereocenters. The van der Waals surface area contributed by atoms with Crippen LogP contribution < -0.4 is 10.6 Å². The Kier molecular flexibility index (Phi) is 8.41. The Hall–Kier alpha value is -2.71. The molecule has 0 bridgehead atoms. The SMILES string of the molecule is CCCCc1ccc(NC(=O)CSc2nnc(NC(=O)Cc3ccccc3)s2)cc1. The fourth-order valence-electron chi connectivity index (χ4n) is 2.72. The van der Waals surface area contributed by atoms with Crippen LogP contribution in [0, 0.1) is 0 Å². The molecule has 0 fully saturated rings. The van der Waals surface area contributed by atoms with Crippen LogP contribution in [0.2, 0.25) is 0 Å². The van der Waals surface area contributed by atoms with Crippen molar-refractivity contribution in [3.63, 3.8) is 0 Å². The van der Waals surface area contributed by atoms with Crippen LogP contribution in [0.3, 0.4) is 0 Å². The van der Waals surface area contributed by atoms with E-state index in [2.05, 4.69) is 27.8 Å². The van der Waals surface area contributed by atoms with Crippen molar-refractivity contribution in [1.82, 2.24) is 10.2 Å². The number of hydrogen-bond acceptors (Lipinski definition) is 6. The summed E-state index contributed by atoms with van der Waals surface area (Å²) in [6.07, 6.45) is 3.67. The fourth-order valence-corrected chi connectivity index (χ4v) is 4.29. The van der Waals surface area contributed by atoms with Gasteiger partial charge in [0.05, 0.1) is 12.2 Å². The molecule has 0 radical (unpaired) electrons. The van der Waals surface area contributed by atoms with Gasteiger partial charge in [-0.05, 0) is 36.1 Å². The van der Waals surface area contributed by atoms with Crippen molar-refractivity contribution in [2.75, 3.05) is 16.4 Å². The van der Waals surface area contributed by atoms with Crippen molar-refractivity contribution in [2.45, 2.75) is 36.9 Å². The lowest BCUT2D eigenvalue weighted by atomic mass is 10.1. The molecule has 156 valence electrons. The van der Waals surface area contributed by atoms with Crippen LogP contribution in [0.4, 0.5) is 10.8 Å². The third-order valence-electron chi connectivity index (χ3n) is 4.24. The molecule has 3 rings (SSSR count). The van der Waals surface area contributed by atoms with E-state index in [1.165, 1.54) is 41.5 Å². The van der Waals surface area contributed by atoms with Crippen LogP contribution in [0.25, 0.3) is 0 Å². The number of amides is 2. The fraction of sp³-hybridized carbons (Fsp3) is 0.273. The lowest BCUT2D eigenvalue weighted by Gasteiger charge is -2.05. The summed E-state index contributed by atoms with van der Waals surface area (Å²) in [5.74, 6) is -0.0234. The number of unbranched alkanes of at least 4 members (excludes halogenated alkanes) is 1. The quantitative estimate of drug-likeness (QED) is 0.350. The molecule has 0 saturated heterocycles. The van der Waals surface area contributed by atoms with Crippen molar-refractivity contribution >= 4 is 45.7 Å². The van der Waals surface area contributed by atoms with E-state index in [4.69, 9.17) is 0 Å². The van der Waals surface area contributed by atoms with Crippen LogP contribution in [-0.4, -0.2) is 27.8 Å². The summed E-state index contributed by atoms with van der Waals surface area (Å²) in [7, 11) is 0.